The molecular weight excluding hydrogens is 326 g/mol. The summed E-state index contributed by atoms with van der Waals surface area (Å²) in [5.74, 6) is 1.34. The van der Waals surface area contributed by atoms with E-state index in [2.05, 4.69) is 21.9 Å². The van der Waals surface area contributed by atoms with Crippen LogP contribution in [0.3, 0.4) is 0 Å². The first-order valence-corrected chi connectivity index (χ1v) is 9.62. The highest BCUT2D eigenvalue weighted by molar-refractivity contribution is 5.75. The number of anilines is 1. The van der Waals surface area contributed by atoms with E-state index >= 15 is 0 Å². The first-order valence-electron chi connectivity index (χ1n) is 9.62. The molecule has 2 aliphatic carbocycles. The van der Waals surface area contributed by atoms with E-state index in [1.54, 1.807) is 7.05 Å². The van der Waals surface area contributed by atoms with Crippen molar-refractivity contribution in [1.82, 2.24) is 10.5 Å². The van der Waals surface area contributed by atoms with Crippen LogP contribution in [0.5, 0.6) is 0 Å². The van der Waals surface area contributed by atoms with Crippen LogP contribution in [0.4, 0.5) is 5.88 Å². The third-order valence-electron chi connectivity index (χ3n) is 5.19. The fourth-order valence-electron chi connectivity index (χ4n) is 3.66. The first kappa shape index (κ1) is 18.6. The van der Waals surface area contributed by atoms with Crippen molar-refractivity contribution in [2.24, 2.45) is 0 Å². The Kier molecular flexibility index (Phi) is 6.45. The summed E-state index contributed by atoms with van der Waals surface area (Å²) in [5.41, 5.74) is 3.03. The highest BCUT2D eigenvalue weighted by atomic mass is 16.5. The number of nitrogens with zero attached hydrogens (tertiary/aromatic N) is 1. The largest absolute Gasteiger partial charge is 0.357 e. The molecule has 0 bridgehead atoms. The summed E-state index contributed by atoms with van der Waals surface area (Å²) < 4.78 is 4.75. The van der Waals surface area contributed by atoms with Crippen LogP contribution in [0.1, 0.15) is 66.1 Å². The first-order chi connectivity index (χ1) is 12.7. The fourth-order valence-corrected chi connectivity index (χ4v) is 3.66. The summed E-state index contributed by atoms with van der Waals surface area (Å²) in [7, 11) is 1.79. The van der Waals surface area contributed by atoms with Gasteiger partial charge < -0.3 is 15.2 Å². The van der Waals surface area contributed by atoms with Gasteiger partial charge in [-0.15, -0.1) is 0 Å². The number of nitrogens with one attached hydrogen (secondary N) is 2. The van der Waals surface area contributed by atoms with Crippen LogP contribution < -0.4 is 10.6 Å². The van der Waals surface area contributed by atoms with Crippen LogP contribution in [0.25, 0.3) is 0 Å². The average Bonchev–Trinajstić information content (AvgIpc) is 3.32. The van der Waals surface area contributed by atoms with Gasteiger partial charge in [0, 0.05) is 36.7 Å². The Hall–Kier alpha value is -2.14. The molecule has 5 nitrogen and oxygen atoms in total. The van der Waals surface area contributed by atoms with Crippen LogP contribution in [0, 0.1) is 6.92 Å². The molecule has 0 saturated heterocycles. The van der Waals surface area contributed by atoms with E-state index in [4.69, 9.17) is 4.52 Å². The van der Waals surface area contributed by atoms with Crippen molar-refractivity contribution in [3.63, 3.8) is 0 Å². The molecule has 0 aliphatic heterocycles. The molecule has 1 aromatic carbocycles. The Morgan fingerprint density at radius 1 is 1.19 bits per heavy atom. The van der Waals surface area contributed by atoms with Crippen LogP contribution >= 0.6 is 0 Å². The number of carbonyl (C=O) groups excluding carboxylic acids is 1. The Morgan fingerprint density at radius 3 is 2.62 bits per heavy atom. The minimum absolute atomic E-state index is 0.631. The Balaban J connectivity index is 0.000000206. The van der Waals surface area contributed by atoms with Gasteiger partial charge in [-0.25, -0.2) is 0 Å². The molecule has 4 rings (SSSR count). The summed E-state index contributed by atoms with van der Waals surface area (Å²) in [5, 5.41) is 10.3. The van der Waals surface area contributed by atoms with Gasteiger partial charge in [-0.2, -0.15) is 0 Å². The second kappa shape index (κ2) is 8.99. The normalized spacial score (nSPS) is 22.2. The van der Waals surface area contributed by atoms with Crippen molar-refractivity contribution < 1.29 is 9.32 Å². The van der Waals surface area contributed by atoms with E-state index in [-0.39, 0.29) is 0 Å². The quantitative estimate of drug-likeness (QED) is 0.783. The molecule has 2 saturated carbocycles. The second-order valence-corrected chi connectivity index (χ2v) is 7.32. The summed E-state index contributed by atoms with van der Waals surface area (Å²) in [6.07, 6.45) is 9.04. The lowest BCUT2D eigenvalue weighted by atomic mass is 9.95. The smallest absolute Gasteiger partial charge is 0.224 e. The lowest BCUT2D eigenvalue weighted by molar-refractivity contribution is 0.112. The van der Waals surface area contributed by atoms with Gasteiger partial charge in [0.1, 0.15) is 6.29 Å². The molecule has 1 aromatic heterocycles. The van der Waals surface area contributed by atoms with Crippen molar-refractivity contribution in [3.8, 4) is 0 Å². The van der Waals surface area contributed by atoms with Crippen molar-refractivity contribution >= 4 is 12.2 Å². The number of aldehydes is 1. The van der Waals surface area contributed by atoms with Crippen LogP contribution in [0.2, 0.25) is 0 Å². The van der Waals surface area contributed by atoms with Gasteiger partial charge in [0.25, 0.3) is 0 Å². The molecule has 26 heavy (non-hydrogen) atoms. The molecule has 2 atom stereocenters. The van der Waals surface area contributed by atoms with Crippen molar-refractivity contribution in [2.75, 3.05) is 12.4 Å². The van der Waals surface area contributed by atoms with Gasteiger partial charge in [-0.05, 0) is 37.8 Å². The zero-order chi connectivity index (χ0) is 18.4. The predicted octanol–water partition coefficient (Wildman–Crippen LogP) is 4.30. The number of benzene rings is 1. The Bertz CT molecular complexity index is 707. The van der Waals surface area contributed by atoms with Crippen LogP contribution in [0.15, 0.2) is 34.9 Å². The fraction of sp³-hybridized carbons (Fsp3) is 0.524. The zero-order valence-electron chi connectivity index (χ0n) is 15.7. The maximum atomic E-state index is 10.8. The van der Waals surface area contributed by atoms with Gasteiger partial charge in [-0.1, -0.05) is 42.6 Å². The number of aryl methyl sites for hydroxylation is 1. The molecule has 0 amide bonds. The molecular formula is C21H29N3O2. The zero-order valence-corrected chi connectivity index (χ0v) is 15.7. The molecule has 0 spiro atoms. The summed E-state index contributed by atoms with van der Waals surface area (Å²) in [4.78, 5) is 10.8. The molecule has 2 aliphatic rings. The summed E-state index contributed by atoms with van der Waals surface area (Å²) >= 11 is 0. The topological polar surface area (TPSA) is 67.2 Å². The van der Waals surface area contributed by atoms with Crippen LogP contribution in [-0.2, 0) is 0 Å². The third-order valence-corrected chi connectivity index (χ3v) is 5.19. The molecule has 2 fully saturated rings. The molecule has 2 aromatic rings. The van der Waals surface area contributed by atoms with E-state index in [0.29, 0.717) is 17.8 Å². The van der Waals surface area contributed by atoms with E-state index in [1.165, 1.54) is 44.1 Å². The average molecular weight is 355 g/mol. The van der Waals surface area contributed by atoms with Crippen LogP contribution in [-0.4, -0.2) is 30.6 Å². The number of rotatable bonds is 5. The molecule has 2 unspecified atom stereocenters. The van der Waals surface area contributed by atoms with E-state index in [9.17, 15) is 4.79 Å². The van der Waals surface area contributed by atoms with E-state index in [0.717, 1.165) is 23.6 Å². The van der Waals surface area contributed by atoms with Crippen molar-refractivity contribution in [1.29, 1.82) is 0 Å². The van der Waals surface area contributed by atoms with E-state index < -0.39 is 0 Å². The second-order valence-electron chi connectivity index (χ2n) is 7.32. The monoisotopic (exact) mass is 355 g/mol. The van der Waals surface area contributed by atoms with Gasteiger partial charge in [0.2, 0.25) is 5.88 Å². The minimum atomic E-state index is 0.631. The number of hydrogen-bond donors (Lipinski definition) is 2. The SMILES string of the molecule is CNc1cc(C)no1.O=Cc1cccc(C2CC2NC2CCCCC2)c1. The summed E-state index contributed by atoms with van der Waals surface area (Å²) in [6, 6.07) is 11.3. The Morgan fingerprint density at radius 2 is 2.00 bits per heavy atom. The standard InChI is InChI=1S/C16H21NO.C5H8N2O/c18-11-12-5-4-6-13(9-12)15-10-16(15)17-14-7-2-1-3-8-14;1-4-3-5(6-2)8-7-4/h4-6,9,11,14-17H,1-3,7-8,10H2;3,6H,1-2H3. The number of aromatic nitrogens is 1. The lowest BCUT2D eigenvalue weighted by Gasteiger charge is -2.23. The van der Waals surface area contributed by atoms with Crippen molar-refractivity contribution in [2.45, 2.75) is 63.5 Å². The van der Waals surface area contributed by atoms with Gasteiger partial charge in [0.05, 0.1) is 5.69 Å². The molecule has 2 N–H and O–H groups in total. The molecule has 0 radical (unpaired) electrons. The highest BCUT2D eigenvalue weighted by Gasteiger charge is 2.39. The van der Waals surface area contributed by atoms with Gasteiger partial charge in [-0.3, -0.25) is 4.79 Å². The van der Waals surface area contributed by atoms with Crippen molar-refractivity contribution in [3.05, 3.63) is 47.2 Å². The minimum Gasteiger partial charge on any atom is -0.357 e. The van der Waals surface area contributed by atoms with Gasteiger partial charge >= 0.3 is 0 Å². The number of hydrogen-bond acceptors (Lipinski definition) is 5. The van der Waals surface area contributed by atoms with E-state index in [1.807, 2.05) is 31.2 Å². The maximum absolute atomic E-state index is 10.8. The number of carbonyl (C=O) groups is 1. The molecule has 5 heteroatoms. The lowest BCUT2D eigenvalue weighted by Crippen LogP contribution is -2.33. The maximum Gasteiger partial charge on any atom is 0.224 e. The third kappa shape index (κ3) is 5.18. The highest BCUT2D eigenvalue weighted by Crippen LogP contribution is 2.41. The Labute approximate surface area is 155 Å². The molecule has 140 valence electrons. The predicted molar refractivity (Wildman–Crippen MR) is 104 cm³/mol. The molecule has 1 heterocycles. The summed E-state index contributed by atoms with van der Waals surface area (Å²) in [6.45, 7) is 1.88. The van der Waals surface area contributed by atoms with Gasteiger partial charge in [0.15, 0.2) is 0 Å².